The lowest BCUT2D eigenvalue weighted by atomic mass is 9.95. The zero-order chi connectivity index (χ0) is 13.7. The summed E-state index contributed by atoms with van der Waals surface area (Å²) in [7, 11) is 0. The Balaban J connectivity index is 2.93. The van der Waals surface area contributed by atoms with E-state index in [1.54, 1.807) is 25.1 Å². The summed E-state index contributed by atoms with van der Waals surface area (Å²) < 4.78 is 0. The van der Waals surface area contributed by atoms with Crippen molar-refractivity contribution < 1.29 is 15.0 Å². The van der Waals surface area contributed by atoms with E-state index in [2.05, 4.69) is 0 Å². The number of nitrogens with zero attached hydrogens (tertiary/aromatic N) is 1. The monoisotopic (exact) mass is 265 g/mol. The number of benzene rings is 1. The Hall–Kier alpha value is -1.35. The SMILES string of the molecule is CC(=O)SCC(O)C(O)c1c(C)cccc1C#N. The van der Waals surface area contributed by atoms with E-state index in [-0.39, 0.29) is 10.9 Å². The highest BCUT2D eigenvalue weighted by Crippen LogP contribution is 2.26. The van der Waals surface area contributed by atoms with Crippen molar-refractivity contribution in [2.45, 2.75) is 26.1 Å². The summed E-state index contributed by atoms with van der Waals surface area (Å²) in [5.41, 5.74) is 1.51. The summed E-state index contributed by atoms with van der Waals surface area (Å²) in [5, 5.41) is 28.8. The van der Waals surface area contributed by atoms with E-state index < -0.39 is 12.2 Å². The lowest BCUT2D eigenvalue weighted by Gasteiger charge is -2.20. The van der Waals surface area contributed by atoms with E-state index in [0.29, 0.717) is 11.1 Å². The number of rotatable bonds is 4. The summed E-state index contributed by atoms with van der Waals surface area (Å²) in [6.07, 6.45) is -2.24. The fourth-order valence-electron chi connectivity index (χ4n) is 1.66. The van der Waals surface area contributed by atoms with Gasteiger partial charge in [-0.1, -0.05) is 23.9 Å². The fourth-order valence-corrected chi connectivity index (χ4v) is 2.24. The first kappa shape index (κ1) is 14.7. The van der Waals surface area contributed by atoms with Crippen molar-refractivity contribution >= 4 is 16.9 Å². The molecule has 2 N–H and O–H groups in total. The molecule has 96 valence electrons. The molecule has 1 aromatic rings. The molecule has 2 atom stereocenters. The number of aliphatic hydroxyl groups is 2. The largest absolute Gasteiger partial charge is 0.389 e. The van der Waals surface area contributed by atoms with Gasteiger partial charge < -0.3 is 10.2 Å². The predicted octanol–water partition coefficient (Wildman–Crippen LogP) is 1.54. The lowest BCUT2D eigenvalue weighted by molar-refractivity contribution is -0.109. The number of carbonyl (C=O) groups is 1. The van der Waals surface area contributed by atoms with Crippen LogP contribution in [-0.2, 0) is 4.79 Å². The molecule has 5 heteroatoms. The van der Waals surface area contributed by atoms with Gasteiger partial charge in [0.2, 0.25) is 0 Å². The average Bonchev–Trinajstić information content (AvgIpc) is 2.34. The molecule has 0 bridgehead atoms. The highest BCUT2D eigenvalue weighted by atomic mass is 32.2. The van der Waals surface area contributed by atoms with Gasteiger partial charge in [0.1, 0.15) is 6.10 Å². The molecule has 18 heavy (non-hydrogen) atoms. The van der Waals surface area contributed by atoms with Crippen molar-refractivity contribution in [3.05, 3.63) is 34.9 Å². The third kappa shape index (κ3) is 3.57. The zero-order valence-corrected chi connectivity index (χ0v) is 11.1. The van der Waals surface area contributed by atoms with Crippen LogP contribution in [0.1, 0.15) is 29.7 Å². The fraction of sp³-hybridized carbons (Fsp3) is 0.385. The van der Waals surface area contributed by atoms with Crippen LogP contribution in [0, 0.1) is 18.3 Å². The smallest absolute Gasteiger partial charge is 0.185 e. The summed E-state index contributed by atoms with van der Waals surface area (Å²) in [4.78, 5) is 10.8. The molecule has 0 aromatic heterocycles. The molecule has 0 aliphatic rings. The highest BCUT2D eigenvalue weighted by molar-refractivity contribution is 8.13. The summed E-state index contributed by atoms with van der Waals surface area (Å²) in [6.45, 7) is 3.17. The number of nitriles is 1. The Morgan fingerprint density at radius 1 is 1.50 bits per heavy atom. The molecule has 0 aliphatic heterocycles. The third-order valence-corrected chi connectivity index (χ3v) is 3.48. The molecule has 0 spiro atoms. The van der Waals surface area contributed by atoms with Gasteiger partial charge in [0.05, 0.1) is 17.7 Å². The highest BCUT2D eigenvalue weighted by Gasteiger charge is 2.23. The number of aliphatic hydroxyl groups excluding tert-OH is 2. The minimum Gasteiger partial charge on any atom is -0.389 e. The first-order chi connectivity index (χ1) is 8.47. The maximum atomic E-state index is 10.8. The molecule has 0 radical (unpaired) electrons. The molecule has 0 fully saturated rings. The molecule has 0 aliphatic carbocycles. The van der Waals surface area contributed by atoms with Gasteiger partial charge in [0.25, 0.3) is 0 Å². The minimum absolute atomic E-state index is 0.107. The Labute approximate surface area is 110 Å². The van der Waals surface area contributed by atoms with Crippen molar-refractivity contribution in [3.63, 3.8) is 0 Å². The maximum absolute atomic E-state index is 10.8. The summed E-state index contributed by atoms with van der Waals surface area (Å²) in [6, 6.07) is 7.08. The summed E-state index contributed by atoms with van der Waals surface area (Å²) in [5.74, 6) is 0.107. The molecule has 2 unspecified atom stereocenters. The first-order valence-electron chi connectivity index (χ1n) is 5.46. The number of thioether (sulfide) groups is 1. The van der Waals surface area contributed by atoms with Gasteiger partial charge in [-0.3, -0.25) is 4.79 Å². The van der Waals surface area contributed by atoms with Crippen LogP contribution in [0.15, 0.2) is 18.2 Å². The van der Waals surface area contributed by atoms with Crippen LogP contribution in [0.4, 0.5) is 0 Å². The van der Waals surface area contributed by atoms with Crippen LogP contribution in [0.2, 0.25) is 0 Å². The van der Waals surface area contributed by atoms with Crippen molar-refractivity contribution in [1.29, 1.82) is 5.26 Å². The molecule has 0 amide bonds. The van der Waals surface area contributed by atoms with Crippen molar-refractivity contribution in [2.24, 2.45) is 0 Å². The quantitative estimate of drug-likeness (QED) is 0.863. The van der Waals surface area contributed by atoms with E-state index in [9.17, 15) is 15.0 Å². The van der Waals surface area contributed by atoms with Crippen molar-refractivity contribution in [1.82, 2.24) is 0 Å². The second-order valence-corrected chi connectivity index (χ2v) is 5.16. The van der Waals surface area contributed by atoms with Gasteiger partial charge in [-0.25, -0.2) is 0 Å². The minimum atomic E-state index is -1.16. The second kappa shape index (κ2) is 6.55. The first-order valence-corrected chi connectivity index (χ1v) is 6.45. The number of carbonyl (C=O) groups excluding carboxylic acids is 1. The number of aryl methyl sites for hydroxylation is 1. The van der Waals surface area contributed by atoms with Gasteiger partial charge in [-0.15, -0.1) is 0 Å². The van der Waals surface area contributed by atoms with E-state index >= 15 is 0 Å². The van der Waals surface area contributed by atoms with E-state index in [1.165, 1.54) is 6.92 Å². The molecule has 0 heterocycles. The molecule has 0 saturated carbocycles. The van der Waals surface area contributed by atoms with Gasteiger partial charge in [0.15, 0.2) is 5.12 Å². The Bertz CT molecular complexity index is 482. The van der Waals surface area contributed by atoms with E-state index in [0.717, 1.165) is 17.3 Å². The van der Waals surface area contributed by atoms with Crippen LogP contribution >= 0.6 is 11.8 Å². The molecule has 1 aromatic carbocycles. The second-order valence-electron chi connectivity index (χ2n) is 3.96. The Morgan fingerprint density at radius 2 is 2.17 bits per heavy atom. The third-order valence-electron chi connectivity index (χ3n) is 2.56. The van der Waals surface area contributed by atoms with Gasteiger partial charge in [-0.2, -0.15) is 5.26 Å². The Morgan fingerprint density at radius 3 is 2.72 bits per heavy atom. The van der Waals surface area contributed by atoms with Gasteiger partial charge in [-0.05, 0) is 18.6 Å². The lowest BCUT2D eigenvalue weighted by Crippen LogP contribution is -2.23. The van der Waals surface area contributed by atoms with E-state index in [4.69, 9.17) is 5.26 Å². The molecule has 4 nitrogen and oxygen atoms in total. The molecule has 0 saturated heterocycles. The maximum Gasteiger partial charge on any atom is 0.185 e. The van der Waals surface area contributed by atoms with Crippen LogP contribution in [0.25, 0.3) is 0 Å². The van der Waals surface area contributed by atoms with Crippen molar-refractivity contribution in [3.8, 4) is 6.07 Å². The predicted molar refractivity (Wildman–Crippen MR) is 70.0 cm³/mol. The molecular weight excluding hydrogens is 250 g/mol. The number of hydrogen-bond donors (Lipinski definition) is 2. The van der Waals surface area contributed by atoms with Crippen LogP contribution in [-0.4, -0.2) is 27.2 Å². The van der Waals surface area contributed by atoms with E-state index in [1.807, 2.05) is 6.07 Å². The van der Waals surface area contributed by atoms with Crippen LogP contribution in [0.5, 0.6) is 0 Å². The summed E-state index contributed by atoms with van der Waals surface area (Å²) >= 11 is 0.950. The average molecular weight is 265 g/mol. The van der Waals surface area contributed by atoms with Crippen LogP contribution < -0.4 is 0 Å². The molecule has 1 rings (SSSR count). The van der Waals surface area contributed by atoms with Gasteiger partial charge >= 0.3 is 0 Å². The standard InChI is InChI=1S/C13H15NO3S/c1-8-4-3-5-10(6-14)12(8)13(17)11(16)7-18-9(2)15/h3-5,11,13,16-17H,7H2,1-2H3. The Kier molecular flexibility index (Phi) is 5.35. The topological polar surface area (TPSA) is 81.3 Å². The van der Waals surface area contributed by atoms with Crippen molar-refractivity contribution in [2.75, 3.05) is 5.75 Å². The number of hydrogen-bond acceptors (Lipinski definition) is 5. The van der Waals surface area contributed by atoms with Crippen LogP contribution in [0.3, 0.4) is 0 Å². The normalized spacial score (nSPS) is 13.7. The molecular formula is C13H15NO3S. The van der Waals surface area contributed by atoms with Gasteiger partial charge in [0, 0.05) is 18.2 Å². The zero-order valence-electron chi connectivity index (χ0n) is 10.3.